The van der Waals surface area contributed by atoms with Crippen molar-refractivity contribution < 1.29 is 0 Å². The normalized spacial score (nSPS) is 11.6. The molecule has 1 aromatic heterocycles. The molecule has 1 nitrogen and oxygen atoms in total. The Morgan fingerprint density at radius 3 is 1.82 bits per heavy atom. The number of benzene rings is 1. The number of aromatic amines is 1. The van der Waals surface area contributed by atoms with E-state index >= 15 is 0 Å². The van der Waals surface area contributed by atoms with E-state index < -0.39 is 0 Å². The molecule has 1 heterocycles. The minimum atomic E-state index is 1.36. The summed E-state index contributed by atoms with van der Waals surface area (Å²) in [6.45, 7) is 0. The molecule has 0 saturated heterocycles. The summed E-state index contributed by atoms with van der Waals surface area (Å²) < 4.78 is 0. The molecule has 0 bridgehead atoms. The molecule has 0 saturated carbocycles. The zero-order valence-corrected chi connectivity index (χ0v) is 5.96. The summed E-state index contributed by atoms with van der Waals surface area (Å²) in [5.74, 6) is 0. The predicted octanol–water partition coefficient (Wildman–Crippen LogP) is 2.66. The monoisotopic (exact) mass is 141 g/mol. The molecular weight excluding hydrogens is 134 g/mol. The second-order valence-electron chi connectivity index (χ2n) is 2.83. The number of fused-ring (bicyclic) bond motifs is 4. The molecular formula is C10H7N. The van der Waals surface area contributed by atoms with Gasteiger partial charge in [-0.2, -0.15) is 0 Å². The van der Waals surface area contributed by atoms with Crippen molar-refractivity contribution in [2.24, 2.45) is 0 Å². The van der Waals surface area contributed by atoms with Gasteiger partial charge in [0.2, 0.25) is 0 Å². The van der Waals surface area contributed by atoms with Crippen LogP contribution < -0.4 is 0 Å². The van der Waals surface area contributed by atoms with E-state index in [1.54, 1.807) is 0 Å². The first-order chi connectivity index (χ1) is 5.47. The van der Waals surface area contributed by atoms with Crippen LogP contribution in [0.15, 0.2) is 36.7 Å². The Labute approximate surface area is 64.7 Å². The molecule has 1 heteroatoms. The Morgan fingerprint density at radius 1 is 0.727 bits per heavy atom. The molecule has 0 unspecified atom stereocenters. The quantitative estimate of drug-likeness (QED) is 0.495. The topological polar surface area (TPSA) is 15.8 Å². The van der Waals surface area contributed by atoms with Crippen molar-refractivity contribution in [3.05, 3.63) is 36.7 Å². The van der Waals surface area contributed by atoms with Crippen LogP contribution >= 0.6 is 0 Å². The van der Waals surface area contributed by atoms with Crippen LogP contribution in [-0.2, 0) is 0 Å². The summed E-state index contributed by atoms with van der Waals surface area (Å²) in [6.07, 6.45) is 4.11. The summed E-state index contributed by atoms with van der Waals surface area (Å²) in [4.78, 5) is 3.11. The van der Waals surface area contributed by atoms with E-state index in [-0.39, 0.29) is 0 Å². The van der Waals surface area contributed by atoms with Gasteiger partial charge < -0.3 is 4.98 Å². The van der Waals surface area contributed by atoms with Crippen molar-refractivity contribution >= 4 is 0 Å². The molecule has 11 heavy (non-hydrogen) atoms. The van der Waals surface area contributed by atoms with Crippen LogP contribution in [0.5, 0.6) is 0 Å². The van der Waals surface area contributed by atoms with Crippen molar-refractivity contribution in [3.63, 3.8) is 0 Å². The number of H-pyrrole nitrogens is 1. The van der Waals surface area contributed by atoms with Gasteiger partial charge in [0.25, 0.3) is 0 Å². The largest absolute Gasteiger partial charge is 0.366 e. The van der Waals surface area contributed by atoms with E-state index in [9.17, 15) is 0 Å². The minimum absolute atomic E-state index is 1.36. The van der Waals surface area contributed by atoms with E-state index in [0.29, 0.717) is 0 Å². The fraction of sp³-hybridized carbons (Fsp3) is 0. The number of rotatable bonds is 0. The Hall–Kier alpha value is -1.50. The number of aromatic nitrogens is 1. The van der Waals surface area contributed by atoms with Gasteiger partial charge in [-0.25, -0.2) is 0 Å². The smallest absolute Gasteiger partial charge is 0.00908 e. The predicted molar refractivity (Wildman–Crippen MR) is 45.2 cm³/mol. The summed E-state index contributed by atoms with van der Waals surface area (Å²) in [7, 11) is 0. The molecule has 1 aliphatic carbocycles. The van der Waals surface area contributed by atoms with E-state index in [1.807, 2.05) is 0 Å². The van der Waals surface area contributed by atoms with Gasteiger partial charge >= 0.3 is 0 Å². The molecule has 0 spiro atoms. The Kier molecular flexibility index (Phi) is 0.737. The highest BCUT2D eigenvalue weighted by Crippen LogP contribution is 2.46. The minimum Gasteiger partial charge on any atom is -0.366 e. The Morgan fingerprint density at radius 2 is 1.27 bits per heavy atom. The van der Waals surface area contributed by atoms with E-state index in [1.165, 1.54) is 22.3 Å². The van der Waals surface area contributed by atoms with Gasteiger partial charge in [0, 0.05) is 23.5 Å². The van der Waals surface area contributed by atoms with Crippen LogP contribution in [0.1, 0.15) is 0 Å². The maximum absolute atomic E-state index is 3.11. The third-order valence-electron chi connectivity index (χ3n) is 2.25. The van der Waals surface area contributed by atoms with Gasteiger partial charge in [0.1, 0.15) is 0 Å². The first-order valence-electron chi connectivity index (χ1n) is 3.73. The molecule has 0 amide bonds. The maximum Gasteiger partial charge on any atom is 0.00908 e. The van der Waals surface area contributed by atoms with Gasteiger partial charge in [-0.1, -0.05) is 24.3 Å². The number of nitrogens with one attached hydrogen (secondary N) is 1. The molecule has 3 rings (SSSR count). The molecule has 0 aliphatic heterocycles. The van der Waals surface area contributed by atoms with Crippen LogP contribution in [0, 0.1) is 0 Å². The average molecular weight is 141 g/mol. The summed E-state index contributed by atoms with van der Waals surface area (Å²) in [5.41, 5.74) is 5.48. The molecule has 0 atom stereocenters. The Balaban J connectivity index is 2.38. The SMILES string of the molecule is c1ccc2c(c1)-c1c[nH]cc1-2. The van der Waals surface area contributed by atoms with Gasteiger partial charge in [-0.3, -0.25) is 0 Å². The summed E-state index contributed by atoms with van der Waals surface area (Å²) >= 11 is 0. The third kappa shape index (κ3) is 0.475. The van der Waals surface area contributed by atoms with Gasteiger partial charge in [-0.05, 0) is 11.1 Å². The van der Waals surface area contributed by atoms with Gasteiger partial charge in [0.15, 0.2) is 0 Å². The van der Waals surface area contributed by atoms with Crippen molar-refractivity contribution in [2.75, 3.05) is 0 Å². The van der Waals surface area contributed by atoms with Crippen LogP contribution in [0.2, 0.25) is 0 Å². The molecule has 0 fully saturated rings. The molecule has 0 radical (unpaired) electrons. The van der Waals surface area contributed by atoms with Crippen LogP contribution in [0.4, 0.5) is 0 Å². The zero-order chi connectivity index (χ0) is 7.26. The molecule has 1 aliphatic rings. The number of hydrogen-bond donors (Lipinski definition) is 1. The summed E-state index contributed by atoms with van der Waals surface area (Å²) in [5, 5.41) is 0. The number of hydrogen-bond acceptors (Lipinski definition) is 0. The van der Waals surface area contributed by atoms with Gasteiger partial charge in [0.05, 0.1) is 0 Å². The zero-order valence-electron chi connectivity index (χ0n) is 5.96. The van der Waals surface area contributed by atoms with E-state index in [2.05, 4.69) is 41.6 Å². The second-order valence-corrected chi connectivity index (χ2v) is 2.83. The molecule has 1 aromatic carbocycles. The lowest BCUT2D eigenvalue weighted by molar-refractivity contribution is 1.42. The highest BCUT2D eigenvalue weighted by molar-refractivity contribution is 6.01. The van der Waals surface area contributed by atoms with E-state index in [0.717, 1.165) is 0 Å². The average Bonchev–Trinajstić information content (AvgIpc) is 2.44. The molecule has 2 aromatic rings. The van der Waals surface area contributed by atoms with Crippen LogP contribution in [0.3, 0.4) is 0 Å². The molecule has 1 N–H and O–H groups in total. The third-order valence-corrected chi connectivity index (χ3v) is 2.25. The first-order valence-corrected chi connectivity index (χ1v) is 3.73. The van der Waals surface area contributed by atoms with Crippen molar-refractivity contribution in [1.82, 2.24) is 4.98 Å². The second kappa shape index (κ2) is 1.56. The summed E-state index contributed by atoms with van der Waals surface area (Å²) in [6, 6.07) is 8.47. The van der Waals surface area contributed by atoms with E-state index in [4.69, 9.17) is 0 Å². The van der Waals surface area contributed by atoms with Crippen LogP contribution in [-0.4, -0.2) is 4.98 Å². The maximum atomic E-state index is 3.11. The van der Waals surface area contributed by atoms with Crippen molar-refractivity contribution in [1.29, 1.82) is 0 Å². The lowest BCUT2D eigenvalue weighted by Crippen LogP contribution is -1.92. The highest BCUT2D eigenvalue weighted by atomic mass is 14.7. The highest BCUT2D eigenvalue weighted by Gasteiger charge is 2.21. The fourth-order valence-corrected chi connectivity index (χ4v) is 1.70. The fourth-order valence-electron chi connectivity index (χ4n) is 1.70. The lowest BCUT2D eigenvalue weighted by atomic mass is 9.84. The lowest BCUT2D eigenvalue weighted by Gasteiger charge is -2.18. The van der Waals surface area contributed by atoms with Crippen molar-refractivity contribution in [2.45, 2.75) is 0 Å². The first kappa shape index (κ1) is 5.19. The van der Waals surface area contributed by atoms with Crippen molar-refractivity contribution in [3.8, 4) is 22.3 Å². The Bertz CT molecular complexity index is 375. The molecule has 52 valence electrons. The standard InChI is InChI=1S/C10H7N/c1-2-4-8-7(3-1)9-5-11-6-10(8)9/h1-6,11H. The van der Waals surface area contributed by atoms with Gasteiger partial charge in [-0.15, -0.1) is 0 Å². The van der Waals surface area contributed by atoms with Crippen LogP contribution in [0.25, 0.3) is 22.3 Å².